The van der Waals surface area contributed by atoms with E-state index in [0.717, 1.165) is 13.1 Å². The highest BCUT2D eigenvalue weighted by Gasteiger charge is 2.40. The fourth-order valence-electron chi connectivity index (χ4n) is 4.57. The molecule has 2 aromatic rings. The van der Waals surface area contributed by atoms with Crippen molar-refractivity contribution in [2.24, 2.45) is 5.41 Å². The van der Waals surface area contributed by atoms with Gasteiger partial charge in [0.05, 0.1) is 0 Å². The molecule has 0 bridgehead atoms. The van der Waals surface area contributed by atoms with Crippen LogP contribution in [0.1, 0.15) is 42.4 Å². The maximum atomic E-state index is 10.6. The molecule has 1 spiro atoms. The second kappa shape index (κ2) is 17.8. The highest BCUT2D eigenvalue weighted by atomic mass is 19.4. The molecule has 1 aromatic carbocycles. The molecule has 3 N–H and O–H groups in total. The highest BCUT2D eigenvalue weighted by molar-refractivity contribution is 5.73. The van der Waals surface area contributed by atoms with E-state index >= 15 is 0 Å². The number of nitrogens with zero attached hydrogens (tertiary/aromatic N) is 3. The van der Waals surface area contributed by atoms with Crippen LogP contribution in [0, 0.1) is 12.3 Å². The number of carboxylic acid groups (broad SMARTS) is 3. The third kappa shape index (κ3) is 16.5. The van der Waals surface area contributed by atoms with Gasteiger partial charge in [0.2, 0.25) is 0 Å². The molecule has 2 fully saturated rings. The molecule has 0 aliphatic carbocycles. The van der Waals surface area contributed by atoms with Gasteiger partial charge in [0, 0.05) is 25.5 Å². The van der Waals surface area contributed by atoms with Crippen molar-refractivity contribution >= 4 is 17.9 Å². The summed E-state index contributed by atoms with van der Waals surface area (Å²) in [5.74, 6) is -8.27. The van der Waals surface area contributed by atoms with Gasteiger partial charge in [-0.15, -0.1) is 0 Å². The van der Waals surface area contributed by atoms with E-state index in [1.807, 2.05) is 18.5 Å². The molecule has 0 unspecified atom stereocenters. The summed E-state index contributed by atoms with van der Waals surface area (Å²) in [4.78, 5) is 36.2. The summed E-state index contributed by atoms with van der Waals surface area (Å²) in [6.07, 6.45) is -5.90. The second-order valence-corrected chi connectivity index (χ2v) is 10.8. The number of piperidine rings is 2. The van der Waals surface area contributed by atoms with E-state index in [2.05, 4.69) is 52.0 Å². The van der Waals surface area contributed by atoms with Crippen molar-refractivity contribution in [3.63, 3.8) is 0 Å². The number of halogens is 9. The average Bonchev–Trinajstić information content (AvgIpc) is 2.97. The zero-order valence-corrected chi connectivity index (χ0v) is 25.0. The first-order valence-corrected chi connectivity index (χ1v) is 13.8. The minimum absolute atomic E-state index is 0.606. The molecule has 264 valence electrons. The average molecular weight is 692 g/mol. The maximum absolute atomic E-state index is 10.6. The summed E-state index contributed by atoms with van der Waals surface area (Å²) in [6.45, 7) is 9.34. The van der Waals surface area contributed by atoms with Crippen LogP contribution in [0.4, 0.5) is 39.5 Å². The van der Waals surface area contributed by atoms with Crippen molar-refractivity contribution in [2.45, 2.75) is 64.2 Å². The van der Waals surface area contributed by atoms with Crippen molar-refractivity contribution in [3.05, 3.63) is 65.5 Å². The zero-order valence-electron chi connectivity index (χ0n) is 25.0. The molecule has 2 aliphatic rings. The number of likely N-dealkylation sites (tertiary alicyclic amines) is 2. The van der Waals surface area contributed by atoms with Gasteiger partial charge in [0.1, 0.15) is 0 Å². The Morgan fingerprint density at radius 1 is 0.660 bits per heavy atom. The summed E-state index contributed by atoms with van der Waals surface area (Å²) >= 11 is 0. The number of alkyl halides is 9. The standard InChI is InChI=1S/C23H31N3.3C2HF3O2/c1-20-4-6-21(7-5-20)18-25-13-8-23(9-14-25)10-15-26(16-11-23)19-22-3-2-12-24-17-22;3*3-2(4,5)1(6)7/h2-7,12,17H,8-11,13-16,18-19H2,1H3;3*(H,6,7). The van der Waals surface area contributed by atoms with Gasteiger partial charge in [-0.05, 0) is 81.4 Å². The molecule has 0 radical (unpaired) electrons. The number of hydrogen-bond acceptors (Lipinski definition) is 6. The minimum Gasteiger partial charge on any atom is -0.475 e. The van der Waals surface area contributed by atoms with Gasteiger partial charge >= 0.3 is 36.4 Å². The first-order chi connectivity index (χ1) is 21.5. The van der Waals surface area contributed by atoms with Crippen LogP contribution in [0.3, 0.4) is 0 Å². The number of benzene rings is 1. The predicted octanol–water partition coefficient (Wildman–Crippen LogP) is 6.17. The summed E-state index contributed by atoms with van der Waals surface area (Å²) in [5, 5.41) is 21.4. The minimum atomic E-state index is -5.08. The largest absolute Gasteiger partial charge is 0.490 e. The molecule has 2 saturated heterocycles. The summed E-state index contributed by atoms with van der Waals surface area (Å²) in [5.41, 5.74) is 4.76. The Hall–Kier alpha value is -3.93. The van der Waals surface area contributed by atoms with Gasteiger partial charge in [-0.3, -0.25) is 14.8 Å². The number of aryl methyl sites for hydroxylation is 1. The Kier molecular flexibility index (Phi) is 15.6. The molecular weight excluding hydrogens is 657 g/mol. The third-order valence-electron chi connectivity index (χ3n) is 7.22. The Bertz CT molecular complexity index is 1200. The third-order valence-corrected chi connectivity index (χ3v) is 7.22. The van der Waals surface area contributed by atoms with E-state index in [0.29, 0.717) is 5.41 Å². The number of aromatic nitrogens is 1. The van der Waals surface area contributed by atoms with Crippen LogP contribution in [0.25, 0.3) is 0 Å². The number of hydrogen-bond donors (Lipinski definition) is 3. The van der Waals surface area contributed by atoms with Crippen molar-refractivity contribution in [1.82, 2.24) is 14.8 Å². The zero-order chi connectivity index (χ0) is 36.1. The number of carboxylic acids is 3. The Labute approximate surface area is 263 Å². The van der Waals surface area contributed by atoms with Crippen molar-refractivity contribution in [3.8, 4) is 0 Å². The lowest BCUT2D eigenvalue weighted by molar-refractivity contribution is -0.193. The SMILES string of the molecule is Cc1ccc(CN2CCC3(CC2)CCN(Cc2cccnc2)CC3)cc1.O=C(O)C(F)(F)F.O=C(O)C(F)(F)F.O=C(O)C(F)(F)F. The number of carbonyl (C=O) groups is 3. The van der Waals surface area contributed by atoms with Gasteiger partial charge in [-0.1, -0.05) is 35.9 Å². The summed E-state index contributed by atoms with van der Waals surface area (Å²) < 4.78 is 95.2. The van der Waals surface area contributed by atoms with E-state index in [9.17, 15) is 39.5 Å². The molecule has 0 amide bonds. The lowest BCUT2D eigenvalue weighted by Gasteiger charge is -2.47. The van der Waals surface area contributed by atoms with Gasteiger partial charge in [-0.2, -0.15) is 39.5 Å². The summed E-state index contributed by atoms with van der Waals surface area (Å²) in [7, 11) is 0. The fourth-order valence-corrected chi connectivity index (χ4v) is 4.57. The summed E-state index contributed by atoms with van der Waals surface area (Å²) in [6, 6.07) is 13.3. The van der Waals surface area contributed by atoms with Crippen molar-refractivity contribution in [1.29, 1.82) is 0 Å². The first kappa shape index (κ1) is 41.1. The monoisotopic (exact) mass is 691 g/mol. The van der Waals surface area contributed by atoms with E-state index in [-0.39, 0.29) is 0 Å². The van der Waals surface area contributed by atoms with Crippen LogP contribution >= 0.6 is 0 Å². The molecule has 0 atom stereocenters. The fraction of sp³-hybridized carbons (Fsp3) is 0.517. The Morgan fingerprint density at radius 3 is 1.30 bits per heavy atom. The Morgan fingerprint density at radius 2 is 1.00 bits per heavy atom. The normalized spacial score (nSPS) is 16.7. The molecule has 47 heavy (non-hydrogen) atoms. The second-order valence-electron chi connectivity index (χ2n) is 10.8. The van der Waals surface area contributed by atoms with Crippen LogP contribution in [-0.4, -0.2) is 92.7 Å². The molecule has 3 heterocycles. The van der Waals surface area contributed by atoms with Crippen molar-refractivity contribution in [2.75, 3.05) is 26.2 Å². The molecule has 18 heteroatoms. The van der Waals surface area contributed by atoms with E-state index in [1.54, 1.807) is 0 Å². The molecule has 4 rings (SSSR count). The van der Waals surface area contributed by atoms with Gasteiger partial charge in [0.15, 0.2) is 0 Å². The van der Waals surface area contributed by atoms with Gasteiger partial charge in [0.25, 0.3) is 0 Å². The molecular formula is C29H34F9N3O6. The van der Waals surface area contributed by atoms with Crippen LogP contribution in [0.5, 0.6) is 0 Å². The van der Waals surface area contributed by atoms with Gasteiger partial charge < -0.3 is 15.3 Å². The van der Waals surface area contributed by atoms with Crippen molar-refractivity contribution < 1.29 is 69.2 Å². The van der Waals surface area contributed by atoms with Crippen LogP contribution in [0.2, 0.25) is 0 Å². The van der Waals surface area contributed by atoms with Crippen LogP contribution < -0.4 is 0 Å². The molecule has 0 saturated carbocycles. The van der Waals surface area contributed by atoms with Crippen LogP contribution in [-0.2, 0) is 27.5 Å². The van der Waals surface area contributed by atoms with E-state index in [1.165, 1.54) is 68.6 Å². The van der Waals surface area contributed by atoms with E-state index < -0.39 is 36.4 Å². The lowest BCUT2D eigenvalue weighted by Crippen LogP contribution is -2.46. The predicted molar refractivity (Wildman–Crippen MR) is 148 cm³/mol. The smallest absolute Gasteiger partial charge is 0.475 e. The number of aliphatic carboxylic acids is 3. The molecule has 9 nitrogen and oxygen atoms in total. The number of rotatable bonds is 4. The van der Waals surface area contributed by atoms with Crippen LogP contribution in [0.15, 0.2) is 48.8 Å². The topological polar surface area (TPSA) is 131 Å². The maximum Gasteiger partial charge on any atom is 0.490 e. The molecule has 2 aliphatic heterocycles. The highest BCUT2D eigenvalue weighted by Crippen LogP contribution is 2.41. The lowest BCUT2D eigenvalue weighted by atomic mass is 9.71. The molecule has 1 aromatic heterocycles. The van der Waals surface area contributed by atoms with E-state index in [4.69, 9.17) is 29.7 Å². The number of pyridine rings is 1. The van der Waals surface area contributed by atoms with Gasteiger partial charge in [-0.25, -0.2) is 14.4 Å². The quantitative estimate of drug-likeness (QED) is 0.323. The Balaban J connectivity index is 0.000000430. The first-order valence-electron chi connectivity index (χ1n) is 13.8.